The highest BCUT2D eigenvalue weighted by atomic mass is 19.3. The average molecular weight is 363 g/mol. The summed E-state index contributed by atoms with van der Waals surface area (Å²) in [5, 5.41) is 15.2. The van der Waals surface area contributed by atoms with Gasteiger partial charge in [0, 0.05) is 37.9 Å². The molecule has 3 rings (SSSR count). The minimum atomic E-state index is -2.85. The number of rotatable bonds is 7. The molecule has 2 aromatic rings. The molecule has 0 aliphatic heterocycles. The van der Waals surface area contributed by atoms with Gasteiger partial charge in [-0.15, -0.1) is 0 Å². The van der Waals surface area contributed by atoms with E-state index in [2.05, 4.69) is 10.4 Å². The van der Waals surface area contributed by atoms with Gasteiger partial charge >= 0.3 is 0 Å². The lowest BCUT2D eigenvalue weighted by Gasteiger charge is -2.11. The van der Waals surface area contributed by atoms with Crippen LogP contribution >= 0.6 is 0 Å². The molecule has 0 radical (unpaired) electrons. The number of benzene rings is 1. The molecule has 2 N–H and O–H groups in total. The highest BCUT2D eigenvalue weighted by Crippen LogP contribution is 2.50. The first kappa shape index (κ1) is 18.2. The number of anilines is 1. The van der Waals surface area contributed by atoms with Gasteiger partial charge in [0.25, 0.3) is 12.3 Å². The molecule has 26 heavy (non-hydrogen) atoms. The lowest BCUT2D eigenvalue weighted by Crippen LogP contribution is -2.15. The Labute approximate surface area is 148 Å². The monoisotopic (exact) mass is 363 g/mol. The zero-order valence-corrected chi connectivity index (χ0v) is 14.2. The Morgan fingerprint density at radius 2 is 2.12 bits per heavy atom. The zero-order valence-electron chi connectivity index (χ0n) is 14.2. The zero-order chi connectivity index (χ0) is 18.8. The van der Waals surface area contributed by atoms with Crippen LogP contribution in [0.1, 0.15) is 46.8 Å². The van der Waals surface area contributed by atoms with E-state index in [-0.39, 0.29) is 36.2 Å². The number of hydrogen-bond acceptors (Lipinski definition) is 4. The second-order valence-corrected chi connectivity index (χ2v) is 6.33. The van der Waals surface area contributed by atoms with Crippen LogP contribution < -0.4 is 5.32 Å². The number of aliphatic hydroxyl groups excluding tert-OH is 1. The number of carbonyl (C=O) groups excluding carboxylic acids is 2. The standard InChI is InChI=1S/C18H19F2N3O3/c1-23-9-13(16(22-23)17(19)20)18(26)21-14-5-3-2-4-10(14)11-8-12(11)15(25)6-7-24/h2-5,9,11-12,17,24H,6-8H2,1H3,(H,21,26). The van der Waals surface area contributed by atoms with Gasteiger partial charge in [-0.05, 0) is 24.0 Å². The number of ketones is 1. The SMILES string of the molecule is Cn1cc(C(=O)Nc2ccccc2C2CC2C(=O)CCO)c(C(F)F)n1. The van der Waals surface area contributed by atoms with Gasteiger partial charge in [0.1, 0.15) is 11.5 Å². The van der Waals surface area contributed by atoms with Crippen molar-refractivity contribution in [2.75, 3.05) is 11.9 Å². The number of aromatic nitrogens is 2. The topological polar surface area (TPSA) is 84.2 Å². The van der Waals surface area contributed by atoms with Gasteiger partial charge < -0.3 is 10.4 Å². The average Bonchev–Trinajstić information content (AvgIpc) is 3.30. The number of carbonyl (C=O) groups is 2. The summed E-state index contributed by atoms with van der Waals surface area (Å²) in [6, 6.07) is 7.01. The first-order valence-corrected chi connectivity index (χ1v) is 8.28. The third kappa shape index (κ3) is 3.65. The lowest BCUT2D eigenvalue weighted by molar-refractivity contribution is -0.120. The summed E-state index contributed by atoms with van der Waals surface area (Å²) in [5.41, 5.74) is 0.538. The van der Waals surface area contributed by atoms with Crippen LogP contribution in [-0.4, -0.2) is 33.2 Å². The number of nitrogens with zero attached hydrogens (tertiary/aromatic N) is 2. The van der Waals surface area contributed by atoms with Crippen molar-refractivity contribution >= 4 is 17.4 Å². The van der Waals surface area contributed by atoms with Gasteiger partial charge in [0.05, 0.1) is 5.56 Å². The van der Waals surface area contributed by atoms with Gasteiger partial charge in [-0.25, -0.2) is 8.78 Å². The van der Waals surface area contributed by atoms with E-state index in [0.717, 1.165) is 5.56 Å². The molecule has 0 spiro atoms. The summed E-state index contributed by atoms with van der Waals surface area (Å²) in [6.07, 6.45) is -0.829. The summed E-state index contributed by atoms with van der Waals surface area (Å²) < 4.78 is 27.3. The van der Waals surface area contributed by atoms with E-state index >= 15 is 0 Å². The van der Waals surface area contributed by atoms with E-state index in [1.54, 1.807) is 18.2 Å². The van der Waals surface area contributed by atoms with Crippen LogP contribution in [-0.2, 0) is 11.8 Å². The van der Waals surface area contributed by atoms with Crippen LogP contribution in [0.3, 0.4) is 0 Å². The Morgan fingerprint density at radius 1 is 1.38 bits per heavy atom. The predicted octanol–water partition coefficient (Wildman–Crippen LogP) is 2.67. The summed E-state index contributed by atoms with van der Waals surface area (Å²) in [4.78, 5) is 24.4. The van der Waals surface area contributed by atoms with Crippen molar-refractivity contribution in [2.45, 2.75) is 25.2 Å². The molecule has 0 saturated heterocycles. The number of amides is 1. The molecular formula is C18H19F2N3O3. The van der Waals surface area contributed by atoms with Crippen LogP contribution in [0.2, 0.25) is 0 Å². The summed E-state index contributed by atoms with van der Waals surface area (Å²) in [7, 11) is 1.47. The molecular weight excluding hydrogens is 344 g/mol. The summed E-state index contributed by atoms with van der Waals surface area (Å²) >= 11 is 0. The Balaban J connectivity index is 1.80. The number of aryl methyl sites for hydroxylation is 1. The smallest absolute Gasteiger partial charge is 0.282 e. The first-order chi connectivity index (χ1) is 12.4. The van der Waals surface area contributed by atoms with Gasteiger partial charge in [0.15, 0.2) is 0 Å². The maximum Gasteiger partial charge on any atom is 0.282 e. The Hall–Kier alpha value is -2.61. The van der Waals surface area contributed by atoms with E-state index in [1.807, 2.05) is 6.07 Å². The Morgan fingerprint density at radius 3 is 2.81 bits per heavy atom. The molecule has 1 aromatic carbocycles. The molecule has 0 bridgehead atoms. The fourth-order valence-corrected chi connectivity index (χ4v) is 3.16. The van der Waals surface area contributed by atoms with Gasteiger partial charge in [-0.2, -0.15) is 5.10 Å². The number of para-hydroxylation sites is 1. The van der Waals surface area contributed by atoms with Crippen molar-refractivity contribution in [2.24, 2.45) is 13.0 Å². The van der Waals surface area contributed by atoms with Gasteiger partial charge in [-0.3, -0.25) is 14.3 Å². The van der Waals surface area contributed by atoms with E-state index in [4.69, 9.17) is 5.11 Å². The number of alkyl halides is 2. The van der Waals surface area contributed by atoms with Crippen LogP contribution in [0.25, 0.3) is 0 Å². The summed E-state index contributed by atoms with van der Waals surface area (Å²) in [6.45, 7) is -0.183. The summed E-state index contributed by atoms with van der Waals surface area (Å²) in [5.74, 6) is -0.880. The number of halogens is 2. The second kappa shape index (κ2) is 7.33. The molecule has 1 aliphatic rings. The van der Waals surface area contributed by atoms with Crippen LogP contribution in [0.4, 0.5) is 14.5 Å². The van der Waals surface area contributed by atoms with Crippen molar-refractivity contribution in [1.29, 1.82) is 0 Å². The molecule has 1 fully saturated rings. The Bertz CT molecular complexity index is 835. The number of nitrogens with one attached hydrogen (secondary N) is 1. The van der Waals surface area contributed by atoms with Crippen molar-refractivity contribution in [3.05, 3.63) is 47.3 Å². The molecule has 6 nitrogen and oxygen atoms in total. The fraction of sp³-hybridized carbons (Fsp3) is 0.389. The highest BCUT2D eigenvalue weighted by molar-refractivity contribution is 6.05. The van der Waals surface area contributed by atoms with E-state index in [0.29, 0.717) is 12.1 Å². The van der Waals surface area contributed by atoms with Gasteiger partial charge in [0.2, 0.25) is 0 Å². The maximum atomic E-state index is 13.1. The number of hydrogen-bond donors (Lipinski definition) is 2. The van der Waals surface area contributed by atoms with Crippen molar-refractivity contribution in [3.8, 4) is 0 Å². The Kier molecular flexibility index (Phi) is 5.13. The molecule has 1 amide bonds. The maximum absolute atomic E-state index is 13.1. The number of aliphatic hydroxyl groups is 1. The molecule has 1 aromatic heterocycles. The molecule has 1 aliphatic carbocycles. The lowest BCUT2D eigenvalue weighted by atomic mass is 10.0. The number of Topliss-reactive ketones (excluding diaryl/α,β-unsaturated/α-hetero) is 1. The third-order valence-corrected chi connectivity index (χ3v) is 4.48. The van der Waals surface area contributed by atoms with Crippen molar-refractivity contribution in [1.82, 2.24) is 9.78 Å². The molecule has 138 valence electrons. The minimum Gasteiger partial charge on any atom is -0.396 e. The van der Waals surface area contributed by atoms with Gasteiger partial charge in [-0.1, -0.05) is 18.2 Å². The molecule has 1 saturated carbocycles. The molecule has 2 atom stereocenters. The van der Waals surface area contributed by atoms with Crippen molar-refractivity contribution in [3.63, 3.8) is 0 Å². The first-order valence-electron chi connectivity index (χ1n) is 8.28. The van der Waals surface area contributed by atoms with Crippen LogP contribution in [0.15, 0.2) is 30.5 Å². The quantitative estimate of drug-likeness (QED) is 0.792. The third-order valence-electron chi connectivity index (χ3n) is 4.48. The largest absolute Gasteiger partial charge is 0.396 e. The fourth-order valence-electron chi connectivity index (χ4n) is 3.16. The molecule has 1 heterocycles. The van der Waals surface area contributed by atoms with E-state index in [9.17, 15) is 18.4 Å². The van der Waals surface area contributed by atoms with Crippen LogP contribution in [0.5, 0.6) is 0 Å². The van der Waals surface area contributed by atoms with Crippen LogP contribution in [0, 0.1) is 5.92 Å². The van der Waals surface area contributed by atoms with Crippen molar-refractivity contribution < 1.29 is 23.5 Å². The van der Waals surface area contributed by atoms with E-state index < -0.39 is 18.0 Å². The minimum absolute atomic E-state index is 0.00845. The normalized spacial score (nSPS) is 18.8. The van der Waals surface area contributed by atoms with E-state index in [1.165, 1.54) is 17.9 Å². The molecule has 8 heteroatoms. The molecule has 2 unspecified atom stereocenters. The highest BCUT2D eigenvalue weighted by Gasteiger charge is 2.44. The predicted molar refractivity (Wildman–Crippen MR) is 90.1 cm³/mol. The second-order valence-electron chi connectivity index (χ2n) is 6.33.